The van der Waals surface area contributed by atoms with Gasteiger partial charge in [-0.25, -0.2) is 4.98 Å². The Morgan fingerprint density at radius 1 is 1.16 bits per heavy atom. The number of anilines is 1. The number of halogens is 1. The molecule has 0 spiro atoms. The molecule has 1 fully saturated rings. The second-order valence-corrected chi connectivity index (χ2v) is 9.34. The van der Waals surface area contributed by atoms with Crippen LogP contribution in [-0.2, 0) is 15.8 Å². The van der Waals surface area contributed by atoms with Gasteiger partial charge in [-0.05, 0) is 23.6 Å². The van der Waals surface area contributed by atoms with E-state index in [4.69, 9.17) is 26.1 Å². The molecule has 3 aromatic rings. The van der Waals surface area contributed by atoms with Gasteiger partial charge in [0.1, 0.15) is 12.2 Å². The van der Waals surface area contributed by atoms with E-state index in [1.807, 2.05) is 30.3 Å². The smallest absolute Gasteiger partial charge is 0.325 e. The number of imidazole rings is 1. The molecule has 1 aromatic carbocycles. The highest BCUT2D eigenvalue weighted by atomic mass is 35.5. The fourth-order valence-electron chi connectivity index (χ4n) is 3.47. The third-order valence-electron chi connectivity index (χ3n) is 5.01. The van der Waals surface area contributed by atoms with Crippen molar-refractivity contribution in [3.05, 3.63) is 47.5 Å². The first kappa shape index (κ1) is 22.1. The van der Waals surface area contributed by atoms with Gasteiger partial charge in [0.15, 0.2) is 23.2 Å². The summed E-state index contributed by atoms with van der Waals surface area (Å²) < 4.78 is 18.3. The van der Waals surface area contributed by atoms with Crippen LogP contribution in [0.5, 0.6) is 0 Å². The normalized spacial score (nSPS) is 24.0. The maximum absolute atomic E-state index is 11.1. The summed E-state index contributed by atoms with van der Waals surface area (Å²) in [7, 11) is -4.27. The largest absolute Gasteiger partial charge is 0.388 e. The Bertz CT molecular complexity index is 1110. The summed E-state index contributed by atoms with van der Waals surface area (Å²) in [6.45, 7) is 0.474. The molecule has 0 amide bonds. The highest BCUT2D eigenvalue weighted by Crippen LogP contribution is 2.39. The lowest BCUT2D eigenvalue weighted by Crippen LogP contribution is -2.31. The zero-order valence-electron chi connectivity index (χ0n) is 16.1. The zero-order valence-corrected chi connectivity index (χ0v) is 17.8. The van der Waals surface area contributed by atoms with E-state index in [9.17, 15) is 14.8 Å². The SMILES string of the molecule is O=P(O)(O)CC[C@H]1O[C@@H](n2cnc3c(NCc4ccccc4)nc(Cl)nc32)C(O)C1O. The van der Waals surface area contributed by atoms with E-state index in [-0.39, 0.29) is 17.4 Å². The topological polar surface area (TPSA) is 163 Å². The van der Waals surface area contributed by atoms with Gasteiger partial charge in [0.05, 0.1) is 18.6 Å². The first-order chi connectivity index (χ1) is 14.7. The molecule has 2 aromatic heterocycles. The van der Waals surface area contributed by atoms with Crippen molar-refractivity contribution >= 4 is 36.2 Å². The summed E-state index contributed by atoms with van der Waals surface area (Å²) in [5, 5.41) is 23.9. The number of hydrogen-bond donors (Lipinski definition) is 5. The van der Waals surface area contributed by atoms with Crippen molar-refractivity contribution in [1.29, 1.82) is 0 Å². The van der Waals surface area contributed by atoms with Crippen molar-refractivity contribution in [2.75, 3.05) is 11.5 Å². The van der Waals surface area contributed by atoms with Crippen molar-refractivity contribution in [2.45, 2.75) is 37.5 Å². The van der Waals surface area contributed by atoms with Crippen molar-refractivity contribution in [3.63, 3.8) is 0 Å². The lowest BCUT2D eigenvalue weighted by molar-refractivity contribution is -0.0355. The lowest BCUT2D eigenvalue weighted by Gasteiger charge is -2.17. The lowest BCUT2D eigenvalue weighted by atomic mass is 10.1. The van der Waals surface area contributed by atoms with Crippen LogP contribution in [0.1, 0.15) is 18.2 Å². The van der Waals surface area contributed by atoms with E-state index in [1.54, 1.807) is 0 Å². The maximum atomic E-state index is 11.1. The van der Waals surface area contributed by atoms with Crippen molar-refractivity contribution in [1.82, 2.24) is 19.5 Å². The van der Waals surface area contributed by atoms with Crippen LogP contribution in [-0.4, -0.2) is 64.0 Å². The van der Waals surface area contributed by atoms with Gasteiger partial charge >= 0.3 is 7.60 Å². The van der Waals surface area contributed by atoms with Crippen LogP contribution < -0.4 is 5.32 Å². The molecule has 0 radical (unpaired) electrons. The first-order valence-corrected chi connectivity index (χ1v) is 11.6. The van der Waals surface area contributed by atoms with Gasteiger partial charge in [0.2, 0.25) is 5.28 Å². The molecule has 166 valence electrons. The highest BCUT2D eigenvalue weighted by molar-refractivity contribution is 7.51. The number of benzene rings is 1. The second-order valence-electron chi connectivity index (χ2n) is 7.23. The number of nitrogens with zero attached hydrogens (tertiary/aromatic N) is 4. The van der Waals surface area contributed by atoms with Crippen LogP contribution in [0, 0.1) is 0 Å². The molecular formula is C18H21ClN5O6P. The molecule has 5 N–H and O–H groups in total. The molecule has 0 bridgehead atoms. The number of fused-ring (bicyclic) bond motifs is 1. The van der Waals surface area contributed by atoms with Crippen LogP contribution in [0.4, 0.5) is 5.82 Å². The van der Waals surface area contributed by atoms with Crippen molar-refractivity contribution in [2.24, 2.45) is 0 Å². The summed E-state index contributed by atoms with van der Waals surface area (Å²) >= 11 is 6.09. The molecule has 0 saturated carbocycles. The quantitative estimate of drug-likeness (QED) is 0.251. The molecule has 1 saturated heterocycles. The minimum Gasteiger partial charge on any atom is -0.388 e. The Morgan fingerprint density at radius 2 is 1.90 bits per heavy atom. The van der Waals surface area contributed by atoms with Crippen LogP contribution >= 0.6 is 19.2 Å². The van der Waals surface area contributed by atoms with Crippen molar-refractivity contribution < 1.29 is 29.3 Å². The molecule has 4 atom stereocenters. The molecule has 31 heavy (non-hydrogen) atoms. The van der Waals surface area contributed by atoms with E-state index in [1.165, 1.54) is 10.9 Å². The monoisotopic (exact) mass is 469 g/mol. The van der Waals surface area contributed by atoms with Crippen LogP contribution in [0.2, 0.25) is 5.28 Å². The second kappa shape index (κ2) is 8.79. The van der Waals surface area contributed by atoms with E-state index < -0.39 is 38.3 Å². The number of nitrogens with one attached hydrogen (secondary N) is 1. The Morgan fingerprint density at radius 3 is 2.61 bits per heavy atom. The first-order valence-electron chi connectivity index (χ1n) is 9.47. The maximum Gasteiger partial charge on any atom is 0.325 e. The number of aliphatic hydroxyl groups is 2. The van der Waals surface area contributed by atoms with Gasteiger partial charge in [0, 0.05) is 6.54 Å². The van der Waals surface area contributed by atoms with Gasteiger partial charge in [-0.15, -0.1) is 0 Å². The number of aliphatic hydroxyl groups excluding tert-OH is 2. The van der Waals surface area contributed by atoms with E-state index in [0.717, 1.165) is 5.56 Å². The molecule has 1 aliphatic rings. The van der Waals surface area contributed by atoms with Crippen LogP contribution in [0.15, 0.2) is 36.7 Å². The average Bonchev–Trinajstić information content (AvgIpc) is 3.26. The molecule has 11 nitrogen and oxygen atoms in total. The molecule has 13 heteroatoms. The number of aromatic nitrogens is 4. The number of rotatable bonds is 7. The Kier molecular flexibility index (Phi) is 6.27. The third-order valence-corrected chi connectivity index (χ3v) is 6.02. The Labute approximate surface area is 181 Å². The predicted molar refractivity (Wildman–Crippen MR) is 112 cm³/mol. The van der Waals surface area contributed by atoms with Crippen molar-refractivity contribution in [3.8, 4) is 0 Å². The average molecular weight is 470 g/mol. The summed E-state index contributed by atoms with van der Waals surface area (Å²) in [6, 6.07) is 9.66. The molecular weight excluding hydrogens is 449 g/mol. The summed E-state index contributed by atoms with van der Waals surface area (Å²) in [6.07, 6.45) is -3.91. The molecule has 3 heterocycles. The van der Waals surface area contributed by atoms with Gasteiger partial charge < -0.3 is 30.1 Å². The summed E-state index contributed by atoms with van der Waals surface area (Å²) in [5.74, 6) is 0.392. The van der Waals surface area contributed by atoms with E-state index in [2.05, 4.69) is 20.3 Å². The van der Waals surface area contributed by atoms with E-state index in [0.29, 0.717) is 17.9 Å². The fourth-order valence-corrected chi connectivity index (χ4v) is 4.23. The summed E-state index contributed by atoms with van der Waals surface area (Å²) in [5.41, 5.74) is 1.70. The molecule has 4 rings (SSSR count). The van der Waals surface area contributed by atoms with Crippen LogP contribution in [0.25, 0.3) is 11.2 Å². The molecule has 0 aliphatic carbocycles. The zero-order chi connectivity index (χ0) is 22.2. The van der Waals surface area contributed by atoms with Gasteiger partial charge in [-0.2, -0.15) is 9.97 Å². The van der Waals surface area contributed by atoms with Crippen LogP contribution in [0.3, 0.4) is 0 Å². The number of hydrogen-bond acceptors (Lipinski definition) is 8. The van der Waals surface area contributed by atoms with E-state index >= 15 is 0 Å². The molecule has 1 aliphatic heterocycles. The van der Waals surface area contributed by atoms with Gasteiger partial charge in [0.25, 0.3) is 0 Å². The fraction of sp³-hybridized carbons (Fsp3) is 0.389. The van der Waals surface area contributed by atoms with Gasteiger partial charge in [-0.1, -0.05) is 30.3 Å². The third kappa shape index (κ3) is 4.88. The van der Waals surface area contributed by atoms with Gasteiger partial charge in [-0.3, -0.25) is 9.13 Å². The minimum atomic E-state index is -4.27. The standard InChI is InChI=1S/C18H21ClN5O6P/c19-18-22-15(20-8-10-4-2-1-3-5-10)12-16(23-18)24(9-21-12)17-14(26)13(25)11(30-17)6-7-31(27,28)29/h1-5,9,11,13-14,17,25-26H,6-8H2,(H,20,22,23)(H2,27,28,29)/t11-,13?,14?,17-/m1/s1. The Hall–Kier alpha value is -2.11. The number of ether oxygens (including phenoxy) is 1. The molecule has 2 unspecified atom stereocenters. The predicted octanol–water partition coefficient (Wildman–Crippen LogP) is 1.28. The Balaban J connectivity index is 1.58. The minimum absolute atomic E-state index is 0.0455. The summed E-state index contributed by atoms with van der Waals surface area (Å²) in [4.78, 5) is 30.8. The highest BCUT2D eigenvalue weighted by Gasteiger charge is 2.44.